The molecule has 28 heavy (non-hydrogen) atoms. The summed E-state index contributed by atoms with van der Waals surface area (Å²) in [4.78, 5) is 0. The van der Waals surface area contributed by atoms with Crippen molar-refractivity contribution in [2.24, 2.45) is 17.8 Å². The van der Waals surface area contributed by atoms with Crippen LogP contribution in [0.2, 0.25) is 0 Å². The van der Waals surface area contributed by atoms with Crippen molar-refractivity contribution in [1.82, 2.24) is 0 Å². The fourth-order valence-electron chi connectivity index (χ4n) is 5.74. The van der Waals surface area contributed by atoms with Gasteiger partial charge in [0.2, 0.25) is 0 Å². The third-order valence-electron chi connectivity index (χ3n) is 7.59. The van der Waals surface area contributed by atoms with E-state index in [4.69, 9.17) is 0 Å². The summed E-state index contributed by atoms with van der Waals surface area (Å²) in [6.07, 6.45) is 25.8. The maximum absolute atomic E-state index is 2.42. The lowest BCUT2D eigenvalue weighted by Gasteiger charge is -2.38. The Hall–Kier alpha value is -1.30. The van der Waals surface area contributed by atoms with E-state index in [1.54, 1.807) is 5.56 Å². The topological polar surface area (TPSA) is 0 Å². The predicted octanol–water partition coefficient (Wildman–Crippen LogP) is 8.63. The van der Waals surface area contributed by atoms with Gasteiger partial charge in [0.1, 0.15) is 0 Å². The van der Waals surface area contributed by atoms with Crippen molar-refractivity contribution in [3.63, 3.8) is 0 Å². The molecular formula is C28H42. The van der Waals surface area contributed by atoms with Crippen LogP contribution in [0.5, 0.6) is 0 Å². The van der Waals surface area contributed by atoms with Crippen molar-refractivity contribution in [2.45, 2.75) is 96.8 Å². The minimum atomic E-state index is 0.818. The van der Waals surface area contributed by atoms with Crippen LogP contribution in [-0.4, -0.2) is 0 Å². The van der Waals surface area contributed by atoms with Gasteiger partial charge in [0.25, 0.3) is 0 Å². The van der Waals surface area contributed by atoms with Crippen molar-refractivity contribution in [3.8, 4) is 0 Å². The first-order valence-corrected chi connectivity index (χ1v) is 12.1. The van der Waals surface area contributed by atoms with E-state index in [2.05, 4.69) is 62.4 Å². The number of benzene rings is 1. The molecule has 0 bridgehead atoms. The van der Waals surface area contributed by atoms with E-state index >= 15 is 0 Å². The Labute approximate surface area is 174 Å². The quantitative estimate of drug-likeness (QED) is 0.397. The Balaban J connectivity index is 1.40. The molecule has 0 heterocycles. The molecule has 2 aliphatic carbocycles. The van der Waals surface area contributed by atoms with Crippen LogP contribution in [0, 0.1) is 17.8 Å². The van der Waals surface area contributed by atoms with Crippen molar-refractivity contribution < 1.29 is 0 Å². The van der Waals surface area contributed by atoms with Crippen LogP contribution < -0.4 is 0 Å². The van der Waals surface area contributed by atoms with Gasteiger partial charge < -0.3 is 0 Å². The average molecular weight is 379 g/mol. The Morgan fingerprint density at radius 3 is 1.89 bits per heavy atom. The number of hydrogen-bond acceptors (Lipinski definition) is 0. The van der Waals surface area contributed by atoms with Crippen molar-refractivity contribution >= 4 is 0 Å². The first-order valence-electron chi connectivity index (χ1n) is 12.1. The van der Waals surface area contributed by atoms with Crippen LogP contribution in [0.25, 0.3) is 0 Å². The smallest absolute Gasteiger partial charge is 0.0162 e. The monoisotopic (exact) mass is 378 g/mol. The molecule has 0 atom stereocenters. The lowest BCUT2D eigenvalue weighted by molar-refractivity contribution is 0.157. The molecule has 0 aliphatic heterocycles. The van der Waals surface area contributed by atoms with E-state index in [9.17, 15) is 0 Å². The van der Waals surface area contributed by atoms with Gasteiger partial charge in [0, 0.05) is 0 Å². The molecule has 0 amide bonds. The fourth-order valence-corrected chi connectivity index (χ4v) is 5.74. The van der Waals surface area contributed by atoms with Gasteiger partial charge in [-0.3, -0.25) is 0 Å². The molecule has 0 spiro atoms. The van der Waals surface area contributed by atoms with Crippen LogP contribution >= 0.6 is 0 Å². The van der Waals surface area contributed by atoms with E-state index in [1.807, 2.05) is 0 Å². The largest absolute Gasteiger partial charge is 0.0917 e. The summed E-state index contributed by atoms with van der Waals surface area (Å²) in [5, 5.41) is 0. The summed E-state index contributed by atoms with van der Waals surface area (Å²) >= 11 is 0. The van der Waals surface area contributed by atoms with Crippen LogP contribution in [0.1, 0.15) is 102 Å². The molecule has 0 N–H and O–H groups in total. The normalized spacial score (nSPS) is 28.9. The van der Waals surface area contributed by atoms with E-state index in [-0.39, 0.29) is 0 Å². The highest BCUT2D eigenvalue weighted by molar-refractivity contribution is 5.26. The third kappa shape index (κ3) is 6.36. The molecule has 2 fully saturated rings. The van der Waals surface area contributed by atoms with Crippen LogP contribution in [0.3, 0.4) is 0 Å². The van der Waals surface area contributed by atoms with Crippen molar-refractivity contribution in [1.29, 1.82) is 0 Å². The van der Waals surface area contributed by atoms with E-state index in [0.717, 1.165) is 23.7 Å². The van der Waals surface area contributed by atoms with Gasteiger partial charge >= 0.3 is 0 Å². The third-order valence-corrected chi connectivity index (χ3v) is 7.59. The molecule has 0 radical (unpaired) electrons. The zero-order valence-electron chi connectivity index (χ0n) is 18.4. The summed E-state index contributed by atoms with van der Waals surface area (Å²) in [5.74, 6) is 3.88. The molecule has 1 aromatic carbocycles. The van der Waals surface area contributed by atoms with Gasteiger partial charge in [-0.05, 0) is 113 Å². The van der Waals surface area contributed by atoms with Gasteiger partial charge in [-0.15, -0.1) is 0 Å². The molecule has 3 rings (SSSR count). The second-order valence-corrected chi connectivity index (χ2v) is 9.39. The van der Waals surface area contributed by atoms with E-state index in [1.165, 1.54) is 82.6 Å². The first-order chi connectivity index (χ1) is 13.8. The lowest BCUT2D eigenvalue weighted by Crippen LogP contribution is -2.25. The van der Waals surface area contributed by atoms with Gasteiger partial charge in [0.05, 0.1) is 0 Å². The SMILES string of the molecule is C/C=C/CCc1ccc(C2CCC(C3CCC(CC/C=C/C)CC3)CC2)cc1. The summed E-state index contributed by atoms with van der Waals surface area (Å²) in [7, 11) is 0. The van der Waals surface area contributed by atoms with E-state index < -0.39 is 0 Å². The molecule has 0 nitrogen and oxygen atoms in total. The Bertz CT molecular complexity index is 589. The maximum Gasteiger partial charge on any atom is -0.0162 e. The van der Waals surface area contributed by atoms with Crippen LogP contribution in [-0.2, 0) is 6.42 Å². The molecule has 154 valence electrons. The summed E-state index contributed by atoms with van der Waals surface area (Å²) in [5.41, 5.74) is 3.09. The molecule has 2 aliphatic rings. The summed E-state index contributed by atoms with van der Waals surface area (Å²) < 4.78 is 0. The van der Waals surface area contributed by atoms with Crippen molar-refractivity contribution in [3.05, 3.63) is 59.7 Å². The zero-order valence-corrected chi connectivity index (χ0v) is 18.4. The Morgan fingerprint density at radius 2 is 1.29 bits per heavy atom. The minimum Gasteiger partial charge on any atom is -0.0917 e. The highest BCUT2D eigenvalue weighted by Gasteiger charge is 2.31. The summed E-state index contributed by atoms with van der Waals surface area (Å²) in [6, 6.07) is 9.59. The molecule has 1 aromatic rings. The van der Waals surface area contributed by atoms with Gasteiger partial charge in [-0.2, -0.15) is 0 Å². The minimum absolute atomic E-state index is 0.818. The number of rotatable bonds is 8. The van der Waals surface area contributed by atoms with E-state index in [0.29, 0.717) is 0 Å². The molecule has 0 heteroatoms. The number of aryl methyl sites for hydroxylation is 1. The second-order valence-electron chi connectivity index (χ2n) is 9.39. The molecular weight excluding hydrogens is 336 g/mol. The van der Waals surface area contributed by atoms with Gasteiger partial charge in [-0.1, -0.05) is 61.4 Å². The maximum atomic E-state index is 2.42. The highest BCUT2D eigenvalue weighted by Crippen LogP contribution is 2.44. The Morgan fingerprint density at radius 1 is 0.714 bits per heavy atom. The second kappa shape index (κ2) is 11.6. The Kier molecular flexibility index (Phi) is 8.90. The first kappa shape index (κ1) is 21.4. The number of allylic oxidation sites excluding steroid dienone is 4. The summed E-state index contributed by atoms with van der Waals surface area (Å²) in [6.45, 7) is 4.25. The van der Waals surface area contributed by atoms with Gasteiger partial charge in [-0.25, -0.2) is 0 Å². The van der Waals surface area contributed by atoms with Gasteiger partial charge in [0.15, 0.2) is 0 Å². The zero-order chi connectivity index (χ0) is 19.6. The molecule has 0 unspecified atom stereocenters. The standard InChI is InChI=1S/C28H42/c1-3-5-7-9-23-11-15-25(16-12-23)27-19-21-28(22-20-27)26-17-13-24(14-18-26)10-8-6-4-2/h3-6,11-12,15-16,24,26-28H,7-10,13-14,17-22H2,1-2H3/b5-3+,6-4+. The van der Waals surface area contributed by atoms with Crippen molar-refractivity contribution in [2.75, 3.05) is 0 Å². The molecule has 0 aromatic heterocycles. The molecule has 0 saturated heterocycles. The predicted molar refractivity (Wildman–Crippen MR) is 124 cm³/mol. The average Bonchev–Trinajstić information content (AvgIpc) is 2.75. The fraction of sp³-hybridized carbons (Fsp3) is 0.643. The highest BCUT2D eigenvalue weighted by atomic mass is 14.4. The number of hydrogen-bond donors (Lipinski definition) is 0. The molecule has 2 saturated carbocycles. The van der Waals surface area contributed by atoms with Crippen LogP contribution in [0.15, 0.2) is 48.6 Å². The van der Waals surface area contributed by atoms with Crippen LogP contribution in [0.4, 0.5) is 0 Å². The lowest BCUT2D eigenvalue weighted by atomic mass is 9.68.